The molecule has 7 nitrogen and oxygen atoms in total. The van der Waals surface area contributed by atoms with Crippen LogP contribution in [0.5, 0.6) is 0 Å². The summed E-state index contributed by atoms with van der Waals surface area (Å²) in [4.78, 5) is 36.4. The number of amides is 2. The number of nitrogens with zero attached hydrogens (tertiary/aromatic N) is 4. The number of anilines is 1. The summed E-state index contributed by atoms with van der Waals surface area (Å²) in [6.07, 6.45) is 5.57. The molecule has 2 fully saturated rings. The predicted molar refractivity (Wildman–Crippen MR) is 90.1 cm³/mol. The van der Waals surface area contributed by atoms with Gasteiger partial charge >= 0.3 is 0 Å². The summed E-state index contributed by atoms with van der Waals surface area (Å²) >= 11 is 0.892. The molecule has 0 bridgehead atoms. The minimum Gasteiger partial charge on any atom is -0.340 e. The number of rotatable bonds is 3. The number of carbonyl (C=O) groups is 2. The van der Waals surface area contributed by atoms with Gasteiger partial charge in [0.2, 0.25) is 5.95 Å². The molecule has 3 heterocycles. The summed E-state index contributed by atoms with van der Waals surface area (Å²) in [6.45, 7) is 2.11. The highest BCUT2D eigenvalue weighted by atomic mass is 32.2. The number of thioether (sulfide) groups is 1. The van der Waals surface area contributed by atoms with E-state index in [1.165, 1.54) is 0 Å². The van der Waals surface area contributed by atoms with E-state index in [9.17, 15) is 9.59 Å². The van der Waals surface area contributed by atoms with Crippen molar-refractivity contribution >= 4 is 34.9 Å². The molecule has 1 N–H and O–H groups in total. The highest BCUT2D eigenvalue weighted by Crippen LogP contribution is 2.25. The Bertz CT molecular complexity index is 663. The number of likely N-dealkylation sites (N-methyl/N-ethyl adjacent to an activating group) is 2. The van der Waals surface area contributed by atoms with E-state index in [4.69, 9.17) is 0 Å². The van der Waals surface area contributed by atoms with Crippen LogP contribution >= 0.6 is 11.8 Å². The lowest BCUT2D eigenvalue weighted by Crippen LogP contribution is -2.45. The van der Waals surface area contributed by atoms with E-state index in [0.717, 1.165) is 37.7 Å². The molecule has 2 aliphatic heterocycles. The van der Waals surface area contributed by atoms with Gasteiger partial charge in [0.25, 0.3) is 11.1 Å². The van der Waals surface area contributed by atoms with Crippen molar-refractivity contribution < 1.29 is 9.59 Å². The van der Waals surface area contributed by atoms with Gasteiger partial charge in [0.1, 0.15) is 0 Å². The number of likely N-dealkylation sites (tertiary alicyclic amines) is 1. The molecule has 0 radical (unpaired) electrons. The molecule has 0 aromatic carbocycles. The number of carbonyl (C=O) groups excluding carboxylic acids is 2. The summed E-state index contributed by atoms with van der Waals surface area (Å²) < 4.78 is 0. The van der Waals surface area contributed by atoms with Crippen LogP contribution in [0.4, 0.5) is 10.7 Å². The third-order valence-electron chi connectivity index (χ3n) is 4.05. The van der Waals surface area contributed by atoms with Gasteiger partial charge in [-0.05, 0) is 50.3 Å². The van der Waals surface area contributed by atoms with Crippen molar-refractivity contribution in [1.82, 2.24) is 20.2 Å². The molecule has 122 valence electrons. The third-order valence-corrected chi connectivity index (χ3v) is 4.86. The molecule has 1 aromatic rings. The van der Waals surface area contributed by atoms with E-state index in [-0.39, 0.29) is 11.1 Å². The first-order valence-corrected chi connectivity index (χ1v) is 8.34. The average molecular weight is 333 g/mol. The van der Waals surface area contributed by atoms with Crippen molar-refractivity contribution in [2.24, 2.45) is 0 Å². The lowest BCUT2D eigenvalue weighted by atomic mass is 10.1. The minimum atomic E-state index is -0.373. The molecule has 2 aliphatic rings. The topological polar surface area (TPSA) is 78.4 Å². The normalized spacial score (nSPS) is 24.1. The maximum Gasteiger partial charge on any atom is 0.290 e. The molecule has 2 saturated heterocycles. The van der Waals surface area contributed by atoms with Crippen molar-refractivity contribution in [2.45, 2.75) is 18.9 Å². The molecular weight excluding hydrogens is 314 g/mol. The number of hydrogen-bond acceptors (Lipinski definition) is 7. The number of aromatic nitrogens is 2. The van der Waals surface area contributed by atoms with Crippen LogP contribution in [-0.2, 0) is 4.79 Å². The van der Waals surface area contributed by atoms with Gasteiger partial charge in [-0.15, -0.1) is 0 Å². The molecule has 2 amide bonds. The van der Waals surface area contributed by atoms with Gasteiger partial charge < -0.3 is 9.80 Å². The summed E-state index contributed by atoms with van der Waals surface area (Å²) in [7, 11) is 4.12. The lowest BCUT2D eigenvalue weighted by Gasteiger charge is -2.35. The molecule has 1 atom stereocenters. The second-order valence-corrected chi connectivity index (χ2v) is 6.82. The lowest BCUT2D eigenvalue weighted by molar-refractivity contribution is -0.115. The Morgan fingerprint density at radius 3 is 3.00 bits per heavy atom. The van der Waals surface area contributed by atoms with Gasteiger partial charge in [0.15, 0.2) is 0 Å². The first-order valence-electron chi connectivity index (χ1n) is 7.52. The SMILES string of the molecule is CN1CCCC(N(C)c2nccc(C=C3SC(=O)NC3=O)n2)C1. The van der Waals surface area contributed by atoms with Gasteiger partial charge in [-0.1, -0.05) is 0 Å². The van der Waals surface area contributed by atoms with E-state index < -0.39 is 0 Å². The molecule has 0 spiro atoms. The van der Waals surface area contributed by atoms with Gasteiger partial charge in [0.05, 0.1) is 10.6 Å². The van der Waals surface area contributed by atoms with Crippen LogP contribution < -0.4 is 10.2 Å². The van der Waals surface area contributed by atoms with E-state index in [0.29, 0.717) is 22.6 Å². The van der Waals surface area contributed by atoms with E-state index >= 15 is 0 Å². The van der Waals surface area contributed by atoms with Gasteiger partial charge in [-0.25, -0.2) is 9.97 Å². The Kier molecular flexibility index (Phi) is 4.63. The zero-order valence-corrected chi connectivity index (χ0v) is 14.0. The first-order chi connectivity index (χ1) is 11.0. The third kappa shape index (κ3) is 3.70. The number of hydrogen-bond donors (Lipinski definition) is 1. The second kappa shape index (κ2) is 6.67. The summed E-state index contributed by atoms with van der Waals surface area (Å²) in [5.74, 6) is 0.261. The Balaban J connectivity index is 1.78. The molecule has 3 rings (SSSR count). The maximum absolute atomic E-state index is 11.6. The monoisotopic (exact) mass is 333 g/mol. The Hall–Kier alpha value is -1.93. The number of nitrogens with one attached hydrogen (secondary N) is 1. The fourth-order valence-corrected chi connectivity index (χ4v) is 3.45. The van der Waals surface area contributed by atoms with Crippen LogP contribution in [-0.4, -0.2) is 59.2 Å². The molecule has 1 unspecified atom stereocenters. The van der Waals surface area contributed by atoms with E-state index in [2.05, 4.69) is 32.1 Å². The average Bonchev–Trinajstić information content (AvgIpc) is 2.84. The summed E-state index contributed by atoms with van der Waals surface area (Å²) in [6, 6.07) is 2.11. The largest absolute Gasteiger partial charge is 0.340 e. The van der Waals surface area contributed by atoms with Crippen LogP contribution in [0.3, 0.4) is 0 Å². The molecule has 1 aromatic heterocycles. The smallest absolute Gasteiger partial charge is 0.290 e. The van der Waals surface area contributed by atoms with Crippen molar-refractivity contribution in [3.8, 4) is 0 Å². The van der Waals surface area contributed by atoms with Crippen molar-refractivity contribution in [2.75, 3.05) is 32.1 Å². The zero-order chi connectivity index (χ0) is 16.4. The van der Waals surface area contributed by atoms with Gasteiger partial charge in [-0.2, -0.15) is 0 Å². The highest BCUT2D eigenvalue weighted by molar-refractivity contribution is 8.18. The fourth-order valence-electron chi connectivity index (χ4n) is 2.79. The second-order valence-electron chi connectivity index (χ2n) is 5.80. The van der Waals surface area contributed by atoms with Crippen molar-refractivity contribution in [3.63, 3.8) is 0 Å². The number of imide groups is 1. The fraction of sp³-hybridized carbons (Fsp3) is 0.467. The molecule has 8 heteroatoms. The Labute approximate surface area is 139 Å². The van der Waals surface area contributed by atoms with Crippen molar-refractivity contribution in [1.29, 1.82) is 0 Å². The minimum absolute atomic E-state index is 0.349. The van der Waals surface area contributed by atoms with Crippen LogP contribution in [0.25, 0.3) is 6.08 Å². The molecule has 0 aliphatic carbocycles. The summed E-state index contributed by atoms with van der Waals surface area (Å²) in [5, 5.41) is 1.89. The van der Waals surface area contributed by atoms with Crippen LogP contribution in [0.1, 0.15) is 18.5 Å². The quantitative estimate of drug-likeness (QED) is 0.836. The molecule has 23 heavy (non-hydrogen) atoms. The van der Waals surface area contributed by atoms with Crippen LogP contribution in [0.15, 0.2) is 17.2 Å². The van der Waals surface area contributed by atoms with Crippen molar-refractivity contribution in [3.05, 3.63) is 22.9 Å². The highest BCUT2D eigenvalue weighted by Gasteiger charge is 2.26. The maximum atomic E-state index is 11.6. The zero-order valence-electron chi connectivity index (χ0n) is 13.2. The summed E-state index contributed by atoms with van der Waals surface area (Å²) in [5.41, 5.74) is 0.623. The Morgan fingerprint density at radius 1 is 1.48 bits per heavy atom. The van der Waals surface area contributed by atoms with Crippen LogP contribution in [0, 0.1) is 0 Å². The Morgan fingerprint density at radius 2 is 2.30 bits per heavy atom. The molecular formula is C15H19N5O2S. The molecule has 0 saturated carbocycles. The van der Waals surface area contributed by atoms with Gasteiger partial charge in [0, 0.05) is 25.8 Å². The predicted octanol–water partition coefficient (Wildman–Crippen LogP) is 1.33. The standard InChI is InChI=1S/C15H19N5O2S/c1-19-7-3-4-11(9-19)20(2)14-16-6-5-10(17-14)8-12-13(21)18-15(22)23-12/h5-6,8,11H,3-4,7,9H2,1-2H3,(H,18,21,22). The van der Waals surface area contributed by atoms with Gasteiger partial charge in [-0.3, -0.25) is 14.9 Å². The van der Waals surface area contributed by atoms with E-state index in [1.807, 2.05) is 7.05 Å². The first kappa shape index (κ1) is 15.9. The number of piperidine rings is 1. The van der Waals surface area contributed by atoms with E-state index in [1.54, 1.807) is 18.3 Å². The van der Waals surface area contributed by atoms with Crippen LogP contribution in [0.2, 0.25) is 0 Å².